The summed E-state index contributed by atoms with van der Waals surface area (Å²) < 4.78 is 5.19. The number of nitrogens with one attached hydrogen (secondary N) is 2. The van der Waals surface area contributed by atoms with E-state index in [1.807, 2.05) is 31.7 Å². The van der Waals surface area contributed by atoms with Crippen LogP contribution in [0.2, 0.25) is 0 Å². The summed E-state index contributed by atoms with van der Waals surface area (Å²) in [6, 6.07) is 10.4. The Hall–Kier alpha value is -1.95. The second-order valence-corrected chi connectivity index (χ2v) is 7.19. The number of thioether (sulfide) groups is 1. The van der Waals surface area contributed by atoms with E-state index in [2.05, 4.69) is 52.0 Å². The van der Waals surface area contributed by atoms with Gasteiger partial charge in [-0.15, -0.1) is 11.8 Å². The maximum absolute atomic E-state index is 5.19. The minimum atomic E-state index is 0.452. The molecule has 0 fully saturated rings. The van der Waals surface area contributed by atoms with Crippen LogP contribution in [0.3, 0.4) is 0 Å². The molecule has 2 rings (SSSR count). The molecule has 0 radical (unpaired) electrons. The zero-order valence-corrected chi connectivity index (χ0v) is 15.6. The van der Waals surface area contributed by atoms with Crippen molar-refractivity contribution in [1.29, 1.82) is 0 Å². The van der Waals surface area contributed by atoms with Gasteiger partial charge in [-0.2, -0.15) is 0 Å². The third kappa shape index (κ3) is 5.60. The van der Waals surface area contributed by atoms with Crippen LogP contribution >= 0.6 is 11.8 Å². The lowest BCUT2D eigenvalue weighted by Crippen LogP contribution is -2.40. The molecule has 1 unspecified atom stereocenters. The molecule has 24 heavy (non-hydrogen) atoms. The number of benzene rings is 1. The van der Waals surface area contributed by atoms with E-state index in [0.717, 1.165) is 36.9 Å². The van der Waals surface area contributed by atoms with E-state index >= 15 is 0 Å². The average molecular weight is 346 g/mol. The van der Waals surface area contributed by atoms with Gasteiger partial charge in [-0.3, -0.25) is 4.99 Å². The molecular weight excluding hydrogens is 320 g/mol. The Bertz CT molecular complexity index is 635. The van der Waals surface area contributed by atoms with Crippen molar-refractivity contribution < 1.29 is 4.52 Å². The lowest BCUT2D eigenvalue weighted by molar-refractivity contribution is 0.392. The number of nitrogens with zero attached hydrogens (tertiary/aromatic N) is 2. The highest BCUT2D eigenvalue weighted by molar-refractivity contribution is 8.00. The predicted octanol–water partition coefficient (Wildman–Crippen LogP) is 3.18. The number of aryl methyl sites for hydroxylation is 2. The van der Waals surface area contributed by atoms with Gasteiger partial charge in [0.1, 0.15) is 5.76 Å². The monoisotopic (exact) mass is 346 g/mol. The van der Waals surface area contributed by atoms with Crippen LogP contribution in [0.1, 0.15) is 23.9 Å². The van der Waals surface area contributed by atoms with Crippen LogP contribution in [-0.2, 0) is 6.42 Å². The quantitative estimate of drug-likeness (QED) is 0.458. The maximum atomic E-state index is 5.19. The summed E-state index contributed by atoms with van der Waals surface area (Å²) in [5, 5.41) is 11.2. The third-order valence-corrected chi connectivity index (χ3v) is 4.82. The molecule has 1 heterocycles. The van der Waals surface area contributed by atoms with E-state index in [1.54, 1.807) is 7.05 Å². The smallest absolute Gasteiger partial charge is 0.191 e. The molecular formula is C18H26N4OS. The molecule has 1 aromatic heterocycles. The van der Waals surface area contributed by atoms with E-state index in [9.17, 15) is 0 Å². The average Bonchev–Trinajstić information content (AvgIpc) is 2.90. The van der Waals surface area contributed by atoms with Gasteiger partial charge in [0.15, 0.2) is 5.96 Å². The van der Waals surface area contributed by atoms with Crippen LogP contribution in [0, 0.1) is 13.8 Å². The molecule has 0 amide bonds. The standard InChI is InChI=1S/C18H26N4OS/c1-13(24-16-8-6-5-7-9-16)12-21-18(19-4)20-11-10-17-14(2)22-23-15(17)3/h5-9,13H,10-12H2,1-4H3,(H2,19,20,21). The predicted molar refractivity (Wildman–Crippen MR) is 101 cm³/mol. The van der Waals surface area contributed by atoms with Gasteiger partial charge < -0.3 is 15.2 Å². The molecule has 2 aromatic rings. The van der Waals surface area contributed by atoms with Crippen molar-refractivity contribution >= 4 is 17.7 Å². The molecule has 0 bridgehead atoms. The Balaban J connectivity index is 1.72. The summed E-state index contributed by atoms with van der Waals surface area (Å²) in [5.41, 5.74) is 2.14. The summed E-state index contributed by atoms with van der Waals surface area (Å²) in [4.78, 5) is 5.56. The zero-order valence-electron chi connectivity index (χ0n) is 14.8. The first-order valence-corrected chi connectivity index (χ1v) is 9.06. The Labute approximate surface area is 148 Å². The normalized spacial score (nSPS) is 12.9. The van der Waals surface area contributed by atoms with Crippen LogP contribution in [0.4, 0.5) is 0 Å². The lowest BCUT2D eigenvalue weighted by Gasteiger charge is -2.16. The van der Waals surface area contributed by atoms with Gasteiger partial charge in [-0.1, -0.05) is 30.3 Å². The molecule has 130 valence electrons. The maximum Gasteiger partial charge on any atom is 0.191 e. The molecule has 0 aliphatic carbocycles. The Morgan fingerprint density at radius 2 is 2.00 bits per heavy atom. The summed E-state index contributed by atoms with van der Waals surface area (Å²) >= 11 is 1.86. The van der Waals surface area contributed by atoms with Gasteiger partial charge in [-0.05, 0) is 32.4 Å². The highest BCUT2D eigenvalue weighted by atomic mass is 32.2. The van der Waals surface area contributed by atoms with Gasteiger partial charge in [0.05, 0.1) is 5.69 Å². The van der Waals surface area contributed by atoms with Crippen LogP contribution in [0.25, 0.3) is 0 Å². The van der Waals surface area contributed by atoms with Crippen LogP contribution < -0.4 is 10.6 Å². The highest BCUT2D eigenvalue weighted by Gasteiger charge is 2.09. The van der Waals surface area contributed by atoms with Crippen molar-refractivity contribution in [3.05, 3.63) is 47.3 Å². The number of aliphatic imine (C=N–C) groups is 1. The van der Waals surface area contributed by atoms with Crippen molar-refractivity contribution in [3.63, 3.8) is 0 Å². The Morgan fingerprint density at radius 3 is 2.62 bits per heavy atom. The molecule has 5 nitrogen and oxygen atoms in total. The van der Waals surface area contributed by atoms with Crippen molar-refractivity contribution in [1.82, 2.24) is 15.8 Å². The molecule has 0 saturated carbocycles. The topological polar surface area (TPSA) is 62.5 Å². The summed E-state index contributed by atoms with van der Waals surface area (Å²) in [5.74, 6) is 1.72. The fraction of sp³-hybridized carbons (Fsp3) is 0.444. The Morgan fingerprint density at radius 1 is 1.25 bits per heavy atom. The second kappa shape index (κ2) is 9.37. The first-order chi connectivity index (χ1) is 11.6. The summed E-state index contributed by atoms with van der Waals surface area (Å²) in [6.45, 7) is 7.78. The lowest BCUT2D eigenvalue weighted by atomic mass is 10.1. The molecule has 6 heteroatoms. The first kappa shape index (κ1) is 18.4. The van der Waals surface area contributed by atoms with Gasteiger partial charge >= 0.3 is 0 Å². The summed E-state index contributed by atoms with van der Waals surface area (Å²) in [7, 11) is 1.79. The van der Waals surface area contributed by atoms with E-state index in [4.69, 9.17) is 4.52 Å². The highest BCUT2D eigenvalue weighted by Crippen LogP contribution is 2.21. The minimum absolute atomic E-state index is 0.452. The molecule has 2 N–H and O–H groups in total. The molecule has 0 aliphatic rings. The van der Waals surface area contributed by atoms with Crippen molar-refractivity contribution in [3.8, 4) is 0 Å². The van der Waals surface area contributed by atoms with Gasteiger partial charge in [-0.25, -0.2) is 0 Å². The van der Waals surface area contributed by atoms with E-state index in [1.165, 1.54) is 10.5 Å². The Kier molecular flexibility index (Phi) is 7.18. The summed E-state index contributed by atoms with van der Waals surface area (Å²) in [6.07, 6.45) is 0.871. The molecule has 1 aromatic carbocycles. The molecule has 0 spiro atoms. The van der Waals surface area contributed by atoms with E-state index < -0.39 is 0 Å². The van der Waals surface area contributed by atoms with Crippen LogP contribution in [-0.4, -0.2) is 36.5 Å². The molecule has 0 saturated heterocycles. The van der Waals surface area contributed by atoms with Crippen molar-refractivity contribution in [2.24, 2.45) is 4.99 Å². The number of guanidine groups is 1. The molecule has 0 aliphatic heterocycles. The first-order valence-electron chi connectivity index (χ1n) is 8.18. The number of hydrogen-bond donors (Lipinski definition) is 2. The van der Waals surface area contributed by atoms with Crippen molar-refractivity contribution in [2.45, 2.75) is 37.3 Å². The second-order valence-electron chi connectivity index (χ2n) is 5.67. The SMILES string of the molecule is CN=C(NCCc1c(C)noc1C)NCC(C)Sc1ccccc1. The number of aromatic nitrogens is 1. The van der Waals surface area contributed by atoms with Gasteiger partial charge in [0.2, 0.25) is 0 Å². The zero-order chi connectivity index (χ0) is 17.4. The minimum Gasteiger partial charge on any atom is -0.361 e. The fourth-order valence-electron chi connectivity index (χ4n) is 2.40. The molecule has 1 atom stereocenters. The largest absolute Gasteiger partial charge is 0.361 e. The third-order valence-electron chi connectivity index (χ3n) is 3.71. The van der Waals surface area contributed by atoms with Gasteiger partial charge in [0.25, 0.3) is 0 Å². The van der Waals surface area contributed by atoms with E-state index in [0.29, 0.717) is 5.25 Å². The van der Waals surface area contributed by atoms with Crippen LogP contribution in [0.15, 0.2) is 44.7 Å². The van der Waals surface area contributed by atoms with Gasteiger partial charge in [0, 0.05) is 35.8 Å². The van der Waals surface area contributed by atoms with Crippen LogP contribution in [0.5, 0.6) is 0 Å². The van der Waals surface area contributed by atoms with E-state index in [-0.39, 0.29) is 0 Å². The fourth-order valence-corrected chi connectivity index (χ4v) is 3.34. The number of rotatable bonds is 7. The van der Waals surface area contributed by atoms with Crippen molar-refractivity contribution in [2.75, 3.05) is 20.1 Å². The number of hydrogen-bond acceptors (Lipinski definition) is 4.